The first-order valence-electron chi connectivity index (χ1n) is 7.78. The first-order valence-corrected chi connectivity index (χ1v) is 7.78. The molecule has 2 unspecified atom stereocenters. The summed E-state index contributed by atoms with van der Waals surface area (Å²) in [5.41, 5.74) is -0.563. The van der Waals surface area contributed by atoms with Crippen LogP contribution < -0.4 is 5.32 Å². The molecule has 3 fully saturated rings. The van der Waals surface area contributed by atoms with Gasteiger partial charge in [-0.15, -0.1) is 0 Å². The summed E-state index contributed by atoms with van der Waals surface area (Å²) in [5.74, 6) is 0.934. The monoisotopic (exact) mass is 264 g/mol. The molecule has 19 heavy (non-hydrogen) atoms. The van der Waals surface area contributed by atoms with Gasteiger partial charge in [0.25, 0.3) is 0 Å². The lowest BCUT2D eigenvalue weighted by Crippen LogP contribution is -2.58. The van der Waals surface area contributed by atoms with Crippen LogP contribution in [0.15, 0.2) is 0 Å². The molecule has 3 rings (SSSR count). The van der Waals surface area contributed by atoms with Crippen molar-refractivity contribution in [2.45, 2.75) is 69.9 Å². The van der Waals surface area contributed by atoms with Gasteiger partial charge in [-0.25, -0.2) is 0 Å². The summed E-state index contributed by atoms with van der Waals surface area (Å²) in [6.45, 7) is 2.81. The number of rotatable bonds is 2. The lowest BCUT2D eigenvalue weighted by Gasteiger charge is -2.38. The number of nitrogens with zero attached hydrogens (tertiary/aromatic N) is 1. The van der Waals surface area contributed by atoms with Crippen LogP contribution in [0.1, 0.15) is 58.3 Å². The average Bonchev–Trinajstić information content (AvgIpc) is 3.19. The molecule has 0 aromatic heterocycles. The Hall–Kier alpha value is -1.06. The number of hydrogen-bond acceptors (Lipinski definition) is 2. The lowest BCUT2D eigenvalue weighted by molar-refractivity contribution is -0.141. The predicted molar refractivity (Wildman–Crippen MR) is 72.5 cm³/mol. The van der Waals surface area contributed by atoms with Crippen molar-refractivity contribution in [2.75, 3.05) is 6.54 Å². The fourth-order valence-corrected chi connectivity index (χ4v) is 3.84. The molecule has 2 aliphatic carbocycles. The molecule has 106 valence electrons. The Balaban J connectivity index is 1.82. The third kappa shape index (κ3) is 2.26. The number of amides is 2. The van der Waals surface area contributed by atoms with E-state index in [1.807, 2.05) is 4.90 Å². The van der Waals surface area contributed by atoms with Gasteiger partial charge in [0.15, 0.2) is 0 Å². The zero-order valence-electron chi connectivity index (χ0n) is 11.8. The van der Waals surface area contributed by atoms with Crippen molar-refractivity contribution in [1.29, 1.82) is 0 Å². The highest BCUT2D eigenvalue weighted by Gasteiger charge is 2.51. The molecule has 0 aromatic rings. The SMILES string of the molecule is CCC1CC1N1CCC(=O)NC2(CCCCC2)C1=O. The van der Waals surface area contributed by atoms with E-state index in [1.165, 1.54) is 6.42 Å². The van der Waals surface area contributed by atoms with Crippen LogP contribution in [0.2, 0.25) is 0 Å². The molecule has 0 aromatic carbocycles. The van der Waals surface area contributed by atoms with E-state index < -0.39 is 5.54 Å². The van der Waals surface area contributed by atoms with Gasteiger partial charge in [0.1, 0.15) is 5.54 Å². The highest BCUT2D eigenvalue weighted by atomic mass is 16.2. The van der Waals surface area contributed by atoms with Crippen LogP contribution >= 0.6 is 0 Å². The molecule has 1 N–H and O–H groups in total. The van der Waals surface area contributed by atoms with Gasteiger partial charge >= 0.3 is 0 Å². The zero-order valence-corrected chi connectivity index (χ0v) is 11.8. The molecular weight excluding hydrogens is 240 g/mol. The van der Waals surface area contributed by atoms with Crippen LogP contribution in [0.4, 0.5) is 0 Å². The molecule has 0 radical (unpaired) electrons. The molecule has 2 atom stereocenters. The van der Waals surface area contributed by atoms with Gasteiger partial charge in [-0.3, -0.25) is 9.59 Å². The highest BCUT2D eigenvalue weighted by molar-refractivity contribution is 5.94. The van der Waals surface area contributed by atoms with Crippen molar-refractivity contribution >= 4 is 11.8 Å². The molecular formula is C15H24N2O2. The minimum Gasteiger partial charge on any atom is -0.342 e. The van der Waals surface area contributed by atoms with Crippen molar-refractivity contribution in [3.05, 3.63) is 0 Å². The van der Waals surface area contributed by atoms with Crippen molar-refractivity contribution in [3.63, 3.8) is 0 Å². The summed E-state index contributed by atoms with van der Waals surface area (Å²) < 4.78 is 0. The van der Waals surface area contributed by atoms with Gasteiger partial charge in [0, 0.05) is 19.0 Å². The molecule has 1 saturated heterocycles. The quantitative estimate of drug-likeness (QED) is 0.827. The maximum absolute atomic E-state index is 12.9. The maximum Gasteiger partial charge on any atom is 0.248 e. The van der Waals surface area contributed by atoms with Gasteiger partial charge in [-0.1, -0.05) is 32.6 Å². The molecule has 3 aliphatic rings. The molecule has 2 saturated carbocycles. The summed E-state index contributed by atoms with van der Waals surface area (Å²) in [6, 6.07) is 0.406. The Morgan fingerprint density at radius 3 is 2.63 bits per heavy atom. The molecule has 2 amide bonds. The van der Waals surface area contributed by atoms with Crippen LogP contribution in [0, 0.1) is 5.92 Å². The van der Waals surface area contributed by atoms with Gasteiger partial charge in [0.2, 0.25) is 11.8 Å². The summed E-state index contributed by atoms with van der Waals surface area (Å²) >= 11 is 0. The predicted octanol–water partition coefficient (Wildman–Crippen LogP) is 1.84. The van der Waals surface area contributed by atoms with Gasteiger partial charge < -0.3 is 10.2 Å². The third-order valence-corrected chi connectivity index (χ3v) is 5.15. The van der Waals surface area contributed by atoms with Crippen LogP contribution in [-0.2, 0) is 9.59 Å². The normalized spacial score (nSPS) is 34.1. The zero-order chi connectivity index (χ0) is 13.5. The molecule has 0 bridgehead atoms. The van der Waals surface area contributed by atoms with Crippen molar-refractivity contribution in [1.82, 2.24) is 10.2 Å². The minimum absolute atomic E-state index is 0.0615. The molecule has 1 spiro atoms. The fraction of sp³-hybridized carbons (Fsp3) is 0.867. The minimum atomic E-state index is -0.563. The Labute approximate surface area is 114 Å². The van der Waals surface area contributed by atoms with E-state index in [4.69, 9.17) is 0 Å². The van der Waals surface area contributed by atoms with Gasteiger partial charge in [-0.2, -0.15) is 0 Å². The van der Waals surface area contributed by atoms with Crippen molar-refractivity contribution < 1.29 is 9.59 Å². The van der Waals surface area contributed by atoms with Crippen LogP contribution in [-0.4, -0.2) is 34.8 Å². The Kier molecular flexibility index (Phi) is 3.27. The molecule has 1 heterocycles. The smallest absolute Gasteiger partial charge is 0.248 e. The summed E-state index contributed by atoms with van der Waals surface area (Å²) in [7, 11) is 0. The second-order valence-electron chi connectivity index (χ2n) is 6.41. The number of nitrogens with one attached hydrogen (secondary N) is 1. The molecule has 4 heteroatoms. The lowest BCUT2D eigenvalue weighted by atomic mass is 9.80. The van der Waals surface area contributed by atoms with E-state index in [0.29, 0.717) is 24.9 Å². The van der Waals surface area contributed by atoms with Crippen molar-refractivity contribution in [3.8, 4) is 0 Å². The van der Waals surface area contributed by atoms with E-state index in [-0.39, 0.29) is 11.8 Å². The summed E-state index contributed by atoms with van der Waals surface area (Å²) in [6.07, 6.45) is 7.71. The van der Waals surface area contributed by atoms with Crippen molar-refractivity contribution in [2.24, 2.45) is 5.92 Å². The van der Waals surface area contributed by atoms with E-state index in [2.05, 4.69) is 12.2 Å². The average molecular weight is 264 g/mol. The maximum atomic E-state index is 12.9. The van der Waals surface area contributed by atoms with E-state index in [9.17, 15) is 9.59 Å². The molecule has 1 aliphatic heterocycles. The van der Waals surface area contributed by atoms with Crippen LogP contribution in [0.3, 0.4) is 0 Å². The van der Waals surface area contributed by atoms with Gasteiger partial charge in [0.05, 0.1) is 0 Å². The van der Waals surface area contributed by atoms with Crippen LogP contribution in [0.5, 0.6) is 0 Å². The highest BCUT2D eigenvalue weighted by Crippen LogP contribution is 2.41. The second-order valence-corrected chi connectivity index (χ2v) is 6.41. The Bertz CT molecular complexity index is 388. The number of carbonyl (C=O) groups is 2. The third-order valence-electron chi connectivity index (χ3n) is 5.15. The first-order chi connectivity index (χ1) is 9.16. The van der Waals surface area contributed by atoms with E-state index >= 15 is 0 Å². The molecule has 4 nitrogen and oxygen atoms in total. The first kappa shape index (κ1) is 12.9. The number of hydrogen-bond donors (Lipinski definition) is 1. The van der Waals surface area contributed by atoms with E-state index in [0.717, 1.165) is 38.5 Å². The number of carbonyl (C=O) groups excluding carboxylic acids is 2. The summed E-state index contributed by atoms with van der Waals surface area (Å²) in [5, 5.41) is 3.06. The largest absolute Gasteiger partial charge is 0.342 e. The standard InChI is InChI=1S/C15H24N2O2/c1-2-11-10-12(11)17-9-6-13(18)16-15(14(17)19)7-4-3-5-8-15/h11-12H,2-10H2,1H3,(H,16,18). The summed E-state index contributed by atoms with van der Waals surface area (Å²) in [4.78, 5) is 26.9. The van der Waals surface area contributed by atoms with Crippen LogP contribution in [0.25, 0.3) is 0 Å². The Morgan fingerprint density at radius 1 is 1.26 bits per heavy atom. The van der Waals surface area contributed by atoms with E-state index in [1.54, 1.807) is 0 Å². The Morgan fingerprint density at radius 2 is 2.00 bits per heavy atom. The topological polar surface area (TPSA) is 49.4 Å². The fourth-order valence-electron chi connectivity index (χ4n) is 3.84. The second kappa shape index (κ2) is 4.80. The van der Waals surface area contributed by atoms with Gasteiger partial charge in [-0.05, 0) is 25.2 Å².